The summed E-state index contributed by atoms with van der Waals surface area (Å²) < 4.78 is 9.80. The summed E-state index contributed by atoms with van der Waals surface area (Å²) in [7, 11) is 2.55. The first-order valence-corrected chi connectivity index (χ1v) is 9.34. The predicted molar refractivity (Wildman–Crippen MR) is 95.6 cm³/mol. The summed E-state index contributed by atoms with van der Waals surface area (Å²) in [5, 5.41) is 0. The zero-order valence-corrected chi connectivity index (χ0v) is 15.5. The van der Waals surface area contributed by atoms with E-state index in [1.165, 1.54) is 19.1 Å². The van der Waals surface area contributed by atoms with E-state index in [4.69, 9.17) is 9.47 Å². The second kappa shape index (κ2) is 5.77. The monoisotopic (exact) mass is 381 g/mol. The lowest BCUT2D eigenvalue weighted by Crippen LogP contribution is -2.53. The Labute approximate surface area is 161 Å². The van der Waals surface area contributed by atoms with Crippen LogP contribution < -0.4 is 4.90 Å². The van der Waals surface area contributed by atoms with E-state index in [0.717, 1.165) is 0 Å². The maximum atomic E-state index is 13.1. The number of carbonyl (C=O) groups excluding carboxylic acids is 4. The summed E-state index contributed by atoms with van der Waals surface area (Å²) in [6.45, 7) is 0. The summed E-state index contributed by atoms with van der Waals surface area (Å²) in [4.78, 5) is 52.2. The standard InChI is InChI=1S/C21H19NO6/c1-27-20(25)14-10-8-11(15(14)21(26)28-2)13-12(10)16-17(13)19(24)22(18(16)23)9-6-4-3-5-7-9/h3-7,10-13,16-17H,8H2,1-2H3. The van der Waals surface area contributed by atoms with Gasteiger partial charge in [-0.25, -0.2) is 9.59 Å². The normalized spacial score (nSPS) is 34.9. The van der Waals surface area contributed by atoms with E-state index < -0.39 is 23.8 Å². The van der Waals surface area contributed by atoms with Gasteiger partial charge < -0.3 is 9.47 Å². The number of anilines is 1. The Hall–Kier alpha value is -2.96. The van der Waals surface area contributed by atoms with Crippen molar-refractivity contribution in [2.24, 2.45) is 35.5 Å². The Bertz CT molecular complexity index is 895. The highest BCUT2D eigenvalue weighted by atomic mass is 16.5. The van der Waals surface area contributed by atoms with Gasteiger partial charge in [-0.1, -0.05) is 18.2 Å². The molecule has 2 bridgehead atoms. The molecule has 1 aromatic carbocycles. The van der Waals surface area contributed by atoms with Crippen molar-refractivity contribution in [3.05, 3.63) is 41.5 Å². The number of nitrogens with zero attached hydrogens (tertiary/aromatic N) is 1. The molecule has 5 rings (SSSR count). The molecular weight excluding hydrogens is 362 g/mol. The van der Waals surface area contributed by atoms with Crippen molar-refractivity contribution in [2.45, 2.75) is 6.42 Å². The molecule has 7 heteroatoms. The molecule has 4 aliphatic rings. The fraction of sp³-hybridized carbons (Fsp3) is 0.429. The molecule has 3 aliphatic carbocycles. The van der Waals surface area contributed by atoms with Crippen molar-refractivity contribution in [1.82, 2.24) is 0 Å². The molecule has 28 heavy (non-hydrogen) atoms. The quantitative estimate of drug-likeness (QED) is 0.580. The number of hydrogen-bond donors (Lipinski definition) is 0. The number of methoxy groups -OCH3 is 2. The number of imide groups is 1. The number of ether oxygens (including phenoxy) is 2. The minimum Gasteiger partial charge on any atom is -0.466 e. The van der Waals surface area contributed by atoms with E-state index in [9.17, 15) is 19.2 Å². The van der Waals surface area contributed by atoms with Crippen LogP contribution in [0.3, 0.4) is 0 Å². The molecule has 0 N–H and O–H groups in total. The molecule has 1 aliphatic heterocycles. The zero-order valence-electron chi connectivity index (χ0n) is 15.5. The van der Waals surface area contributed by atoms with Gasteiger partial charge in [0, 0.05) is 0 Å². The molecule has 6 unspecified atom stereocenters. The smallest absolute Gasteiger partial charge is 0.334 e. The van der Waals surface area contributed by atoms with Crippen LogP contribution in [0.2, 0.25) is 0 Å². The fourth-order valence-electron chi connectivity index (χ4n) is 6.07. The van der Waals surface area contributed by atoms with Crippen LogP contribution in [0, 0.1) is 35.5 Å². The Kier molecular flexibility index (Phi) is 3.53. The van der Waals surface area contributed by atoms with Gasteiger partial charge in [-0.2, -0.15) is 0 Å². The van der Waals surface area contributed by atoms with Gasteiger partial charge in [0.15, 0.2) is 0 Å². The van der Waals surface area contributed by atoms with E-state index in [-0.39, 0.29) is 35.5 Å². The highest BCUT2D eigenvalue weighted by Crippen LogP contribution is 2.70. The molecule has 1 heterocycles. The van der Waals surface area contributed by atoms with Crippen molar-refractivity contribution in [3.63, 3.8) is 0 Å². The lowest BCUT2D eigenvalue weighted by atomic mass is 9.52. The molecular formula is C21H19NO6. The second-order valence-corrected chi connectivity index (χ2v) is 7.81. The SMILES string of the molecule is COC(=O)C1=C(C(=O)OC)C2CC1C1C3C(=O)N(c4ccccc4)C(=O)C3C21. The number of fused-ring (bicyclic) bond motifs is 8. The van der Waals surface area contributed by atoms with E-state index in [0.29, 0.717) is 23.3 Å². The molecule has 1 saturated heterocycles. The van der Waals surface area contributed by atoms with Gasteiger partial charge in [0.1, 0.15) is 0 Å². The van der Waals surface area contributed by atoms with E-state index in [2.05, 4.69) is 0 Å². The van der Waals surface area contributed by atoms with Gasteiger partial charge in [0.05, 0.1) is 42.9 Å². The van der Waals surface area contributed by atoms with Crippen LogP contribution >= 0.6 is 0 Å². The zero-order chi connectivity index (χ0) is 19.7. The Morgan fingerprint density at radius 1 is 0.857 bits per heavy atom. The van der Waals surface area contributed by atoms with Gasteiger partial charge in [0.2, 0.25) is 11.8 Å². The summed E-state index contributed by atoms with van der Waals surface area (Å²) in [5.74, 6) is -3.10. The lowest BCUT2D eigenvalue weighted by molar-refractivity contribution is -0.145. The molecule has 0 aromatic heterocycles. The molecule has 0 spiro atoms. The average molecular weight is 381 g/mol. The van der Waals surface area contributed by atoms with Crippen LogP contribution in [0.1, 0.15) is 6.42 Å². The van der Waals surface area contributed by atoms with Crippen LogP contribution in [0.15, 0.2) is 41.5 Å². The summed E-state index contributed by atoms with van der Waals surface area (Å²) in [6.07, 6.45) is 0.586. The van der Waals surface area contributed by atoms with Crippen molar-refractivity contribution >= 4 is 29.4 Å². The molecule has 2 amide bonds. The maximum absolute atomic E-state index is 13.1. The third-order valence-electron chi connectivity index (χ3n) is 6.97. The van der Waals surface area contributed by atoms with Crippen LogP contribution in [0.4, 0.5) is 5.69 Å². The van der Waals surface area contributed by atoms with Crippen LogP contribution in [-0.4, -0.2) is 38.0 Å². The van der Waals surface area contributed by atoms with Crippen LogP contribution in [0.25, 0.3) is 0 Å². The number of rotatable bonds is 3. The van der Waals surface area contributed by atoms with Crippen molar-refractivity contribution in [1.29, 1.82) is 0 Å². The highest BCUT2D eigenvalue weighted by Gasteiger charge is 2.74. The number of esters is 2. The molecule has 144 valence electrons. The van der Waals surface area contributed by atoms with Crippen molar-refractivity contribution in [3.8, 4) is 0 Å². The first kappa shape index (κ1) is 17.2. The summed E-state index contributed by atoms with van der Waals surface area (Å²) >= 11 is 0. The predicted octanol–water partition coefficient (Wildman–Crippen LogP) is 1.33. The molecule has 3 fully saturated rings. The third-order valence-corrected chi connectivity index (χ3v) is 6.97. The highest BCUT2D eigenvalue weighted by molar-refractivity contribution is 6.23. The van der Waals surface area contributed by atoms with Gasteiger partial charge in [-0.05, 0) is 42.2 Å². The number of para-hydroxylation sites is 1. The van der Waals surface area contributed by atoms with E-state index in [1.54, 1.807) is 24.3 Å². The minimum atomic E-state index is -0.550. The second-order valence-electron chi connectivity index (χ2n) is 7.81. The van der Waals surface area contributed by atoms with Crippen molar-refractivity contribution < 1.29 is 28.7 Å². The van der Waals surface area contributed by atoms with E-state index in [1.807, 2.05) is 6.07 Å². The van der Waals surface area contributed by atoms with Crippen LogP contribution in [-0.2, 0) is 28.7 Å². The minimum absolute atomic E-state index is 0.109. The van der Waals surface area contributed by atoms with Gasteiger partial charge in [-0.3, -0.25) is 14.5 Å². The number of benzene rings is 1. The maximum Gasteiger partial charge on any atom is 0.334 e. The Balaban J connectivity index is 1.54. The van der Waals surface area contributed by atoms with Gasteiger partial charge >= 0.3 is 11.9 Å². The number of amides is 2. The van der Waals surface area contributed by atoms with Crippen LogP contribution in [0.5, 0.6) is 0 Å². The first-order valence-electron chi connectivity index (χ1n) is 9.34. The van der Waals surface area contributed by atoms with E-state index >= 15 is 0 Å². The van der Waals surface area contributed by atoms with Crippen molar-refractivity contribution in [2.75, 3.05) is 19.1 Å². The first-order chi connectivity index (χ1) is 13.5. The molecule has 7 nitrogen and oxygen atoms in total. The summed E-state index contributed by atoms with van der Waals surface area (Å²) in [5.41, 5.74) is 1.22. The number of hydrogen-bond acceptors (Lipinski definition) is 6. The van der Waals surface area contributed by atoms with Gasteiger partial charge in [0.25, 0.3) is 0 Å². The third kappa shape index (κ3) is 1.89. The fourth-order valence-corrected chi connectivity index (χ4v) is 6.07. The number of carbonyl (C=O) groups is 4. The molecule has 1 aromatic rings. The average Bonchev–Trinajstić information content (AvgIpc) is 3.26. The largest absolute Gasteiger partial charge is 0.466 e. The van der Waals surface area contributed by atoms with Gasteiger partial charge in [-0.15, -0.1) is 0 Å². The molecule has 0 radical (unpaired) electrons. The topological polar surface area (TPSA) is 90.0 Å². The molecule has 6 atom stereocenters. The Morgan fingerprint density at radius 3 is 1.75 bits per heavy atom. The summed E-state index contributed by atoms with van der Waals surface area (Å²) in [6, 6.07) is 8.87. The Morgan fingerprint density at radius 2 is 1.32 bits per heavy atom. The molecule has 2 saturated carbocycles. The lowest BCUT2D eigenvalue weighted by Gasteiger charge is -2.48.